The molecule has 24 heavy (non-hydrogen) atoms. The average molecular weight is 323 g/mol. The molecule has 6 heteroatoms. The number of amides is 2. The minimum Gasteiger partial charge on any atom is -0.457 e. The summed E-state index contributed by atoms with van der Waals surface area (Å²) in [7, 11) is 0. The molecular weight excluding hydrogens is 306 g/mol. The topological polar surface area (TPSA) is 99.6 Å². The van der Waals surface area contributed by atoms with Crippen molar-refractivity contribution in [2.24, 2.45) is 5.73 Å². The zero-order chi connectivity index (χ0) is 17.5. The molecule has 1 atom stereocenters. The number of nitrogens with two attached hydrogens (primary N) is 1. The minimum atomic E-state index is -0.912. The fourth-order valence-electron chi connectivity index (χ4n) is 1.95. The first kappa shape index (κ1) is 17.1. The van der Waals surface area contributed by atoms with Gasteiger partial charge >= 0.3 is 6.03 Å². The summed E-state index contributed by atoms with van der Waals surface area (Å²) >= 11 is 0. The lowest BCUT2D eigenvalue weighted by atomic mass is 10.1. The van der Waals surface area contributed by atoms with Crippen LogP contribution < -0.4 is 10.5 Å². The molecule has 0 aromatic heterocycles. The Morgan fingerprint density at radius 2 is 2.00 bits per heavy atom. The normalized spacial score (nSPS) is 11.7. The van der Waals surface area contributed by atoms with E-state index in [1.807, 2.05) is 24.3 Å². The van der Waals surface area contributed by atoms with E-state index in [0.717, 1.165) is 5.56 Å². The molecule has 2 rings (SSSR count). The zero-order valence-corrected chi connectivity index (χ0v) is 13.1. The molecule has 0 aliphatic heterocycles. The number of urea groups is 1. The zero-order valence-electron chi connectivity index (χ0n) is 13.1. The lowest BCUT2D eigenvalue weighted by Gasteiger charge is -2.16. The van der Waals surface area contributed by atoms with Crippen molar-refractivity contribution >= 4 is 12.1 Å². The monoisotopic (exact) mass is 323 g/mol. The van der Waals surface area contributed by atoms with Gasteiger partial charge in [-0.2, -0.15) is 10.3 Å². The van der Waals surface area contributed by atoms with Gasteiger partial charge in [-0.25, -0.2) is 4.79 Å². The van der Waals surface area contributed by atoms with Gasteiger partial charge in [-0.3, -0.25) is 5.21 Å². The highest BCUT2D eigenvalue weighted by Crippen LogP contribution is 2.23. The van der Waals surface area contributed by atoms with E-state index in [1.165, 1.54) is 0 Å². The van der Waals surface area contributed by atoms with Crippen molar-refractivity contribution in [2.75, 3.05) is 0 Å². The SMILES string of the molecule is C[C@H](/C=C/c1cccc(Oc2ccc(C#N)cc2)c1)N(O)C(N)=O. The van der Waals surface area contributed by atoms with Crippen molar-refractivity contribution in [3.63, 3.8) is 0 Å². The molecule has 2 aromatic carbocycles. The largest absolute Gasteiger partial charge is 0.457 e. The average Bonchev–Trinajstić information content (AvgIpc) is 2.60. The Morgan fingerprint density at radius 1 is 1.29 bits per heavy atom. The maximum absolute atomic E-state index is 10.9. The van der Waals surface area contributed by atoms with Crippen LogP contribution >= 0.6 is 0 Å². The Hall–Kier alpha value is -3.30. The first-order valence-electron chi connectivity index (χ1n) is 7.23. The van der Waals surface area contributed by atoms with Crippen LogP contribution in [0.15, 0.2) is 54.6 Å². The number of ether oxygens (including phenoxy) is 1. The summed E-state index contributed by atoms with van der Waals surface area (Å²) in [6.45, 7) is 1.64. The number of carbonyl (C=O) groups is 1. The highest BCUT2D eigenvalue weighted by molar-refractivity contribution is 5.71. The van der Waals surface area contributed by atoms with E-state index in [0.29, 0.717) is 22.1 Å². The highest BCUT2D eigenvalue weighted by atomic mass is 16.5. The summed E-state index contributed by atoms with van der Waals surface area (Å²) in [5.41, 5.74) is 6.40. The maximum atomic E-state index is 10.9. The van der Waals surface area contributed by atoms with Crippen LogP contribution in [-0.4, -0.2) is 22.3 Å². The van der Waals surface area contributed by atoms with Crippen molar-refractivity contribution in [2.45, 2.75) is 13.0 Å². The van der Waals surface area contributed by atoms with Crippen LogP contribution in [0, 0.1) is 11.3 Å². The number of nitrogens with zero attached hydrogens (tertiary/aromatic N) is 2. The molecule has 0 heterocycles. The van der Waals surface area contributed by atoms with Crippen molar-refractivity contribution in [3.05, 3.63) is 65.7 Å². The van der Waals surface area contributed by atoms with Crippen LogP contribution in [0.1, 0.15) is 18.1 Å². The quantitative estimate of drug-likeness (QED) is 0.649. The fraction of sp³-hybridized carbons (Fsp3) is 0.111. The molecule has 0 saturated heterocycles. The first-order chi connectivity index (χ1) is 11.5. The van der Waals surface area contributed by atoms with Crippen molar-refractivity contribution in [1.29, 1.82) is 5.26 Å². The summed E-state index contributed by atoms with van der Waals surface area (Å²) in [5, 5.41) is 18.7. The number of nitriles is 1. The summed E-state index contributed by atoms with van der Waals surface area (Å²) in [6.07, 6.45) is 3.40. The third-order valence-electron chi connectivity index (χ3n) is 3.26. The molecule has 0 fully saturated rings. The van der Waals surface area contributed by atoms with Gasteiger partial charge in [0, 0.05) is 0 Å². The molecule has 0 saturated carbocycles. The van der Waals surface area contributed by atoms with Gasteiger partial charge in [-0.05, 0) is 48.9 Å². The molecule has 0 unspecified atom stereocenters. The minimum absolute atomic E-state index is 0.452. The summed E-state index contributed by atoms with van der Waals surface area (Å²) in [6, 6.07) is 14.7. The van der Waals surface area contributed by atoms with Crippen LogP contribution in [0.5, 0.6) is 11.5 Å². The van der Waals surface area contributed by atoms with Gasteiger partial charge in [0.2, 0.25) is 0 Å². The molecular formula is C18H17N3O3. The van der Waals surface area contributed by atoms with Crippen LogP contribution in [0.25, 0.3) is 6.08 Å². The van der Waals surface area contributed by atoms with Crippen LogP contribution in [0.2, 0.25) is 0 Å². The summed E-state index contributed by atoms with van der Waals surface area (Å²) in [5.74, 6) is 1.25. The van der Waals surface area contributed by atoms with Crippen molar-refractivity contribution in [3.8, 4) is 17.6 Å². The number of hydroxylamine groups is 2. The van der Waals surface area contributed by atoms with Crippen molar-refractivity contribution in [1.82, 2.24) is 5.06 Å². The lowest BCUT2D eigenvalue weighted by Crippen LogP contribution is -2.38. The Bertz CT molecular complexity index is 779. The van der Waals surface area contributed by atoms with E-state index < -0.39 is 12.1 Å². The molecule has 0 aliphatic rings. The second kappa shape index (κ2) is 7.81. The molecule has 0 radical (unpaired) electrons. The lowest BCUT2D eigenvalue weighted by molar-refractivity contribution is -0.0560. The van der Waals surface area contributed by atoms with Crippen LogP contribution in [0.3, 0.4) is 0 Å². The molecule has 2 aromatic rings. The smallest absolute Gasteiger partial charge is 0.339 e. The molecule has 122 valence electrons. The second-order valence-electron chi connectivity index (χ2n) is 5.09. The van der Waals surface area contributed by atoms with Gasteiger partial charge in [0.15, 0.2) is 0 Å². The van der Waals surface area contributed by atoms with Gasteiger partial charge in [0.25, 0.3) is 0 Å². The third-order valence-corrected chi connectivity index (χ3v) is 3.26. The molecule has 0 bridgehead atoms. The molecule has 3 N–H and O–H groups in total. The molecule has 0 aliphatic carbocycles. The van der Waals surface area contributed by atoms with Gasteiger partial charge in [0.1, 0.15) is 11.5 Å². The van der Waals surface area contributed by atoms with Gasteiger partial charge in [-0.15, -0.1) is 0 Å². The number of hydrogen-bond acceptors (Lipinski definition) is 4. The van der Waals surface area contributed by atoms with Gasteiger partial charge in [0.05, 0.1) is 17.7 Å². The molecule has 0 spiro atoms. The highest BCUT2D eigenvalue weighted by Gasteiger charge is 2.11. The standard InChI is InChI=1S/C18H17N3O3/c1-13(21(23)18(20)22)5-6-14-3-2-4-17(11-14)24-16-9-7-15(12-19)8-10-16/h2-11,13,23H,1H3,(H2,20,22)/b6-5+/t13-/m1/s1. The third kappa shape index (κ3) is 4.60. The number of carbonyl (C=O) groups excluding carboxylic acids is 1. The molecule has 2 amide bonds. The Kier molecular flexibility index (Phi) is 5.55. The van der Waals surface area contributed by atoms with E-state index in [2.05, 4.69) is 0 Å². The van der Waals surface area contributed by atoms with E-state index in [-0.39, 0.29) is 0 Å². The van der Waals surface area contributed by atoms with Gasteiger partial charge in [-0.1, -0.05) is 24.3 Å². The second-order valence-corrected chi connectivity index (χ2v) is 5.09. The van der Waals surface area contributed by atoms with Crippen LogP contribution in [0.4, 0.5) is 4.79 Å². The Balaban J connectivity index is 2.08. The Morgan fingerprint density at radius 3 is 2.62 bits per heavy atom. The summed E-state index contributed by atoms with van der Waals surface area (Å²) < 4.78 is 5.73. The van der Waals surface area contributed by atoms with Crippen molar-refractivity contribution < 1.29 is 14.7 Å². The van der Waals surface area contributed by atoms with E-state index >= 15 is 0 Å². The van der Waals surface area contributed by atoms with Gasteiger partial charge < -0.3 is 10.5 Å². The fourth-order valence-corrected chi connectivity index (χ4v) is 1.95. The predicted octanol–water partition coefficient (Wildman–Crippen LogP) is 3.52. The number of primary amides is 1. The maximum Gasteiger partial charge on any atom is 0.339 e. The predicted molar refractivity (Wildman–Crippen MR) is 89.4 cm³/mol. The molecule has 6 nitrogen and oxygen atoms in total. The Labute approximate surface area is 140 Å². The summed E-state index contributed by atoms with van der Waals surface area (Å²) in [4.78, 5) is 10.9. The van der Waals surface area contributed by atoms with Crippen LogP contribution in [-0.2, 0) is 0 Å². The number of rotatable bonds is 5. The van der Waals surface area contributed by atoms with E-state index in [4.69, 9.17) is 15.7 Å². The van der Waals surface area contributed by atoms with E-state index in [1.54, 1.807) is 49.4 Å². The number of benzene rings is 2. The first-order valence-corrected chi connectivity index (χ1v) is 7.23. The number of hydrogen-bond donors (Lipinski definition) is 2. The van der Waals surface area contributed by atoms with E-state index in [9.17, 15) is 10.0 Å².